The van der Waals surface area contributed by atoms with Gasteiger partial charge >= 0.3 is 5.69 Å². The number of anilines is 1. The van der Waals surface area contributed by atoms with Crippen LogP contribution in [0.3, 0.4) is 0 Å². The Morgan fingerprint density at radius 3 is 2.47 bits per heavy atom. The second-order valence-corrected chi connectivity index (χ2v) is 8.94. The van der Waals surface area contributed by atoms with Crippen LogP contribution < -0.4 is 16.1 Å². The summed E-state index contributed by atoms with van der Waals surface area (Å²) in [6, 6.07) is 15.3. The van der Waals surface area contributed by atoms with Crippen molar-refractivity contribution in [1.29, 1.82) is 0 Å². The predicted molar refractivity (Wildman–Crippen MR) is 121 cm³/mol. The molecule has 2 amide bonds. The molecule has 0 spiro atoms. The molecule has 0 saturated heterocycles. The Labute approximate surface area is 186 Å². The molecule has 0 unspecified atom stereocenters. The summed E-state index contributed by atoms with van der Waals surface area (Å²) in [6.45, 7) is 8.25. The van der Waals surface area contributed by atoms with Gasteiger partial charge in [-0.3, -0.25) is 15.0 Å². The zero-order chi connectivity index (χ0) is 22.8. The molecule has 5 rings (SSSR count). The highest BCUT2D eigenvalue weighted by Crippen LogP contribution is 2.40. The van der Waals surface area contributed by atoms with Crippen LogP contribution in [0.4, 0.5) is 5.69 Å². The van der Waals surface area contributed by atoms with E-state index in [0.717, 1.165) is 23.1 Å². The normalized spacial score (nSPS) is 21.9. The number of hydrogen-bond acceptors (Lipinski definition) is 3. The zero-order valence-electron chi connectivity index (χ0n) is 18.7. The van der Waals surface area contributed by atoms with Crippen LogP contribution in [0.1, 0.15) is 45.6 Å². The molecule has 166 valence electrons. The van der Waals surface area contributed by atoms with Crippen LogP contribution in [0.15, 0.2) is 53.3 Å². The summed E-state index contributed by atoms with van der Waals surface area (Å²) >= 11 is 0. The van der Waals surface area contributed by atoms with Gasteiger partial charge in [0, 0.05) is 12.1 Å². The van der Waals surface area contributed by atoms with Gasteiger partial charge in [0.1, 0.15) is 0 Å². The van der Waals surface area contributed by atoms with E-state index in [2.05, 4.69) is 19.3 Å². The van der Waals surface area contributed by atoms with Crippen LogP contribution in [0.2, 0.25) is 0 Å². The van der Waals surface area contributed by atoms with Crippen LogP contribution in [0, 0.1) is 5.92 Å². The van der Waals surface area contributed by atoms with Gasteiger partial charge in [0.2, 0.25) is 0 Å². The summed E-state index contributed by atoms with van der Waals surface area (Å²) in [7, 11) is 0. The average molecular weight is 434 g/mol. The Morgan fingerprint density at radius 2 is 1.75 bits per heavy atom. The molecule has 2 aliphatic rings. The number of aromatic nitrogens is 3. The van der Waals surface area contributed by atoms with Crippen molar-refractivity contribution in [2.24, 2.45) is 5.92 Å². The Kier molecular flexibility index (Phi) is 4.44. The van der Waals surface area contributed by atoms with Gasteiger partial charge in [-0.2, -0.15) is 9.48 Å². The third-order valence-electron chi connectivity index (χ3n) is 6.86. The van der Waals surface area contributed by atoms with E-state index in [1.807, 2.05) is 55.5 Å². The minimum Gasteiger partial charge on any atom is -0.272 e. The molecular weight excluding hydrogens is 406 g/mol. The summed E-state index contributed by atoms with van der Waals surface area (Å²) in [5, 5.41) is 1.34. The molecule has 8 heteroatoms. The molecular formula is C24H27N5O3. The Bertz CT molecular complexity index is 1300. The van der Waals surface area contributed by atoms with Gasteiger partial charge in [-0.15, -0.1) is 0 Å². The quantitative estimate of drug-likeness (QED) is 0.672. The monoisotopic (exact) mass is 433 g/mol. The SMILES string of the molecule is CC[C@@H](C)Cn1c(=O)n2n1[C@@]2(C)C(=O)NN1C(=O)[C@@H](C)c2ccccc2-c2ccccc21. The number of hydrogen-bond donors (Lipinski definition) is 1. The summed E-state index contributed by atoms with van der Waals surface area (Å²) in [6.07, 6.45) is 0.943. The number of nitrogens with one attached hydrogen (secondary N) is 1. The molecule has 3 heterocycles. The van der Waals surface area contributed by atoms with E-state index in [0.29, 0.717) is 18.2 Å². The number of carbonyl (C=O) groups excluding carboxylic acids is 2. The lowest BCUT2D eigenvalue weighted by atomic mass is 9.92. The number of nitrogens with zero attached hydrogens (tertiary/aromatic N) is 4. The lowest BCUT2D eigenvalue weighted by Gasteiger charge is -2.26. The second-order valence-electron chi connectivity index (χ2n) is 8.94. The number of amides is 2. The van der Waals surface area contributed by atoms with E-state index in [1.54, 1.807) is 16.4 Å². The van der Waals surface area contributed by atoms with E-state index in [1.165, 1.54) is 9.69 Å². The molecule has 1 aromatic heterocycles. The van der Waals surface area contributed by atoms with Crippen molar-refractivity contribution in [2.45, 2.75) is 52.2 Å². The number of hydrazine groups is 1. The lowest BCUT2D eigenvalue weighted by Crippen LogP contribution is -2.52. The van der Waals surface area contributed by atoms with Crippen molar-refractivity contribution in [1.82, 2.24) is 19.6 Å². The predicted octanol–water partition coefficient (Wildman–Crippen LogP) is 2.88. The molecule has 0 bridgehead atoms. The second kappa shape index (κ2) is 6.98. The van der Waals surface area contributed by atoms with Crippen LogP contribution >= 0.6 is 0 Å². The summed E-state index contributed by atoms with van der Waals surface area (Å²) in [5.74, 6) is -0.752. The third kappa shape index (κ3) is 2.65. The van der Waals surface area contributed by atoms with Gasteiger partial charge in [-0.1, -0.05) is 62.7 Å². The molecule has 0 saturated carbocycles. The molecule has 3 aromatic rings. The van der Waals surface area contributed by atoms with Crippen LogP contribution in [-0.2, 0) is 21.8 Å². The molecule has 3 atom stereocenters. The Balaban J connectivity index is 1.48. The number of rotatable bonds is 5. The molecule has 32 heavy (non-hydrogen) atoms. The van der Waals surface area contributed by atoms with E-state index in [4.69, 9.17) is 0 Å². The molecule has 8 nitrogen and oxygen atoms in total. The first kappa shape index (κ1) is 20.4. The molecule has 1 N–H and O–H groups in total. The summed E-state index contributed by atoms with van der Waals surface area (Å²) in [5.41, 5.74) is 4.88. The molecule has 2 aromatic carbocycles. The molecule has 0 radical (unpaired) electrons. The first-order valence-corrected chi connectivity index (χ1v) is 11.1. The number of benzene rings is 2. The van der Waals surface area contributed by atoms with Crippen molar-refractivity contribution in [3.8, 4) is 11.1 Å². The molecule has 0 fully saturated rings. The fraction of sp³-hybridized carbons (Fsp3) is 0.375. The minimum atomic E-state index is -1.14. The van der Waals surface area contributed by atoms with Crippen molar-refractivity contribution in [3.63, 3.8) is 0 Å². The average Bonchev–Trinajstić information content (AvgIpc) is 3.42. The van der Waals surface area contributed by atoms with Gasteiger partial charge in [0.15, 0.2) is 0 Å². The summed E-state index contributed by atoms with van der Waals surface area (Å²) in [4.78, 5) is 41.0. The maximum absolute atomic E-state index is 13.5. The smallest absolute Gasteiger partial charge is 0.272 e. The van der Waals surface area contributed by atoms with Gasteiger partial charge < -0.3 is 0 Å². The van der Waals surface area contributed by atoms with Crippen molar-refractivity contribution in [3.05, 3.63) is 64.6 Å². The number of para-hydroxylation sites is 1. The standard InChI is InChI=1S/C24H27N5O3/c1-5-15(2)14-26-23(32)28-24(4,29(26)28)22(31)25-27-20-13-9-8-12-19(20)18-11-7-6-10-17(18)16(3)21(27)30/h6-13,15-16H,5,14H2,1-4H3,(H,25,31)/t15-,16+,24+,28?,29?/m1/s1. The largest absolute Gasteiger partial charge is 0.363 e. The topological polar surface area (TPSA) is 81.3 Å². The molecule has 2 aliphatic heterocycles. The van der Waals surface area contributed by atoms with Gasteiger partial charge in [0.25, 0.3) is 17.5 Å². The van der Waals surface area contributed by atoms with Crippen molar-refractivity contribution < 1.29 is 9.59 Å². The fourth-order valence-electron chi connectivity index (χ4n) is 4.60. The fourth-order valence-corrected chi connectivity index (χ4v) is 4.60. The van der Waals surface area contributed by atoms with Crippen molar-refractivity contribution in [2.75, 3.05) is 5.01 Å². The van der Waals surface area contributed by atoms with E-state index in [-0.39, 0.29) is 11.6 Å². The third-order valence-corrected chi connectivity index (χ3v) is 6.86. The first-order chi connectivity index (χ1) is 15.3. The van der Waals surface area contributed by atoms with E-state index in [9.17, 15) is 14.4 Å². The summed E-state index contributed by atoms with van der Waals surface area (Å²) < 4.78 is 3.03. The number of carbonyl (C=O) groups is 2. The van der Waals surface area contributed by atoms with Gasteiger partial charge in [0.05, 0.1) is 11.6 Å². The highest BCUT2D eigenvalue weighted by molar-refractivity contribution is 6.07. The maximum Gasteiger partial charge on any atom is 0.363 e. The molecule has 0 aliphatic carbocycles. The van der Waals surface area contributed by atoms with Crippen molar-refractivity contribution >= 4 is 17.5 Å². The van der Waals surface area contributed by atoms with Gasteiger partial charge in [-0.25, -0.2) is 14.5 Å². The van der Waals surface area contributed by atoms with E-state index < -0.39 is 17.5 Å². The van der Waals surface area contributed by atoms with Gasteiger partial charge in [-0.05, 0) is 37.0 Å². The van der Waals surface area contributed by atoms with Crippen LogP contribution in [0.5, 0.6) is 0 Å². The Morgan fingerprint density at radius 1 is 1.09 bits per heavy atom. The first-order valence-electron chi connectivity index (χ1n) is 11.1. The highest BCUT2D eigenvalue weighted by Gasteiger charge is 2.60. The van der Waals surface area contributed by atoms with Crippen LogP contribution in [-0.4, -0.2) is 26.0 Å². The van der Waals surface area contributed by atoms with E-state index >= 15 is 0 Å². The lowest BCUT2D eigenvalue weighted by molar-refractivity contribution is -0.129. The highest BCUT2D eigenvalue weighted by atomic mass is 16.2. The minimum absolute atomic E-state index is 0.189. The maximum atomic E-state index is 13.5. The Hall–Kier alpha value is -3.55. The van der Waals surface area contributed by atoms with Crippen LogP contribution in [0.25, 0.3) is 11.1 Å². The zero-order valence-corrected chi connectivity index (χ0v) is 18.7. The number of fused-ring (bicyclic) bond motifs is 4.